The Morgan fingerprint density at radius 2 is 2.09 bits per heavy atom. The fraction of sp³-hybridized carbons (Fsp3) is 0.778. The first-order valence-corrected chi connectivity index (χ1v) is 3.94. The molecule has 0 aliphatic heterocycles. The predicted molar refractivity (Wildman–Crippen MR) is 48.6 cm³/mol. The van der Waals surface area contributed by atoms with E-state index in [9.17, 15) is 0 Å². The Morgan fingerprint density at radius 1 is 1.55 bits per heavy atom. The molecule has 2 heteroatoms. The van der Waals surface area contributed by atoms with Gasteiger partial charge in [0.2, 0.25) is 0 Å². The maximum atomic E-state index is 8.90. The quantitative estimate of drug-likeness (QED) is 0.587. The van der Waals surface area contributed by atoms with Crippen LogP contribution in [0.2, 0.25) is 0 Å². The highest BCUT2D eigenvalue weighted by Gasteiger charge is 2.14. The van der Waals surface area contributed by atoms with E-state index in [0.717, 1.165) is 18.7 Å². The van der Waals surface area contributed by atoms with E-state index < -0.39 is 0 Å². The van der Waals surface area contributed by atoms with Gasteiger partial charge in [-0.2, -0.15) is 0 Å². The molecule has 0 aliphatic carbocycles. The normalized spacial score (nSPS) is 11.6. The van der Waals surface area contributed by atoms with Crippen LogP contribution in [0.5, 0.6) is 0 Å². The summed E-state index contributed by atoms with van der Waals surface area (Å²) in [5.74, 6) is 0. The van der Waals surface area contributed by atoms with Gasteiger partial charge in [-0.1, -0.05) is 26.0 Å². The molecule has 0 unspecified atom stereocenters. The van der Waals surface area contributed by atoms with Crippen molar-refractivity contribution in [1.29, 1.82) is 0 Å². The second-order valence-corrected chi connectivity index (χ2v) is 3.88. The fourth-order valence-electron chi connectivity index (χ4n) is 0.670. The zero-order valence-electron chi connectivity index (χ0n) is 7.78. The molecule has 0 radical (unpaired) electrons. The van der Waals surface area contributed by atoms with Crippen LogP contribution in [0.1, 0.15) is 20.8 Å². The minimum absolute atomic E-state index is 0.0184. The molecule has 0 saturated heterocycles. The van der Waals surface area contributed by atoms with Gasteiger partial charge in [-0.3, -0.25) is 0 Å². The summed E-state index contributed by atoms with van der Waals surface area (Å²) in [4.78, 5) is 0. The Labute approximate surface area is 69.3 Å². The number of hydrogen-bond acceptors (Lipinski definition) is 2. The number of hydrogen-bond donors (Lipinski definition) is 2. The number of nitrogens with one attached hydrogen (secondary N) is 1. The van der Waals surface area contributed by atoms with Crippen molar-refractivity contribution in [2.24, 2.45) is 5.41 Å². The third-order valence-electron chi connectivity index (χ3n) is 1.46. The first kappa shape index (κ1) is 10.7. The molecule has 0 rings (SSSR count). The molecule has 0 heterocycles. The summed E-state index contributed by atoms with van der Waals surface area (Å²) in [6.45, 7) is 11.7. The third kappa shape index (κ3) is 6.07. The molecule has 0 amide bonds. The molecule has 0 aromatic carbocycles. The summed E-state index contributed by atoms with van der Waals surface area (Å²) >= 11 is 0. The third-order valence-corrected chi connectivity index (χ3v) is 1.46. The minimum atomic E-state index is -0.0184. The average molecular weight is 157 g/mol. The molecule has 11 heavy (non-hydrogen) atoms. The van der Waals surface area contributed by atoms with E-state index in [1.807, 2.05) is 20.8 Å². The summed E-state index contributed by atoms with van der Waals surface area (Å²) in [6, 6.07) is 0. The highest BCUT2D eigenvalue weighted by Crippen LogP contribution is 2.10. The lowest BCUT2D eigenvalue weighted by atomic mass is 9.95. The monoisotopic (exact) mass is 157 g/mol. The second-order valence-electron chi connectivity index (χ2n) is 3.88. The Morgan fingerprint density at radius 3 is 2.45 bits per heavy atom. The van der Waals surface area contributed by atoms with Crippen molar-refractivity contribution < 1.29 is 5.11 Å². The van der Waals surface area contributed by atoms with Gasteiger partial charge in [0.15, 0.2) is 0 Å². The van der Waals surface area contributed by atoms with Gasteiger partial charge in [0, 0.05) is 25.1 Å². The van der Waals surface area contributed by atoms with Gasteiger partial charge in [-0.05, 0) is 6.92 Å². The van der Waals surface area contributed by atoms with Crippen LogP contribution in [0.4, 0.5) is 0 Å². The number of aliphatic hydroxyl groups is 1. The van der Waals surface area contributed by atoms with E-state index in [0.29, 0.717) is 0 Å². The Hall–Kier alpha value is -0.340. The van der Waals surface area contributed by atoms with Gasteiger partial charge in [0.1, 0.15) is 0 Å². The van der Waals surface area contributed by atoms with Crippen molar-refractivity contribution in [3.8, 4) is 0 Å². The summed E-state index contributed by atoms with van der Waals surface area (Å²) in [5, 5.41) is 12.1. The second kappa shape index (κ2) is 4.52. The predicted octanol–water partition coefficient (Wildman–Crippen LogP) is 1.17. The highest BCUT2D eigenvalue weighted by molar-refractivity contribution is 4.91. The molecular formula is C9H19NO. The smallest absolute Gasteiger partial charge is 0.0494 e. The summed E-state index contributed by atoms with van der Waals surface area (Å²) < 4.78 is 0. The van der Waals surface area contributed by atoms with Crippen LogP contribution in [0, 0.1) is 5.41 Å². The van der Waals surface area contributed by atoms with Crippen molar-refractivity contribution >= 4 is 0 Å². The molecule has 0 fully saturated rings. The molecule has 0 aromatic heterocycles. The van der Waals surface area contributed by atoms with E-state index in [-0.39, 0.29) is 12.0 Å². The van der Waals surface area contributed by atoms with E-state index in [1.165, 1.54) is 0 Å². The number of aliphatic hydroxyl groups excluding tert-OH is 1. The molecule has 0 saturated carbocycles. The summed E-state index contributed by atoms with van der Waals surface area (Å²) in [6.07, 6.45) is 0. The maximum Gasteiger partial charge on any atom is 0.0494 e. The molecular weight excluding hydrogens is 138 g/mol. The summed E-state index contributed by atoms with van der Waals surface area (Å²) in [7, 11) is 0. The van der Waals surface area contributed by atoms with Crippen LogP contribution >= 0.6 is 0 Å². The Kier molecular flexibility index (Phi) is 4.38. The van der Waals surface area contributed by atoms with E-state index >= 15 is 0 Å². The van der Waals surface area contributed by atoms with Crippen LogP contribution < -0.4 is 5.32 Å². The summed E-state index contributed by atoms with van der Waals surface area (Å²) in [5.41, 5.74) is 1.11. The molecule has 66 valence electrons. The van der Waals surface area contributed by atoms with Crippen molar-refractivity contribution in [1.82, 2.24) is 5.32 Å². The molecule has 0 atom stereocenters. The van der Waals surface area contributed by atoms with Crippen molar-refractivity contribution in [2.75, 3.05) is 19.7 Å². The van der Waals surface area contributed by atoms with Crippen LogP contribution in [-0.2, 0) is 0 Å². The van der Waals surface area contributed by atoms with Gasteiger partial charge >= 0.3 is 0 Å². The van der Waals surface area contributed by atoms with Gasteiger partial charge in [-0.15, -0.1) is 0 Å². The lowest BCUT2D eigenvalue weighted by Crippen LogP contribution is -2.32. The van der Waals surface area contributed by atoms with Crippen LogP contribution in [0.25, 0.3) is 0 Å². The molecule has 0 aliphatic rings. The van der Waals surface area contributed by atoms with Crippen LogP contribution in [0.3, 0.4) is 0 Å². The largest absolute Gasteiger partial charge is 0.396 e. The maximum absolute atomic E-state index is 8.90. The molecule has 0 spiro atoms. The van der Waals surface area contributed by atoms with Gasteiger partial charge < -0.3 is 10.4 Å². The standard InChI is InChI=1S/C9H19NO/c1-8(2)5-10-6-9(3,4)7-11/h10-11H,1,5-7H2,2-4H3. The van der Waals surface area contributed by atoms with Crippen molar-refractivity contribution in [2.45, 2.75) is 20.8 Å². The van der Waals surface area contributed by atoms with Crippen molar-refractivity contribution in [3.63, 3.8) is 0 Å². The lowest BCUT2D eigenvalue weighted by molar-refractivity contribution is 0.158. The van der Waals surface area contributed by atoms with Gasteiger partial charge in [0.25, 0.3) is 0 Å². The van der Waals surface area contributed by atoms with E-state index in [1.54, 1.807) is 0 Å². The lowest BCUT2D eigenvalue weighted by Gasteiger charge is -2.21. The first-order valence-electron chi connectivity index (χ1n) is 3.94. The zero-order chi connectivity index (χ0) is 8.91. The first-order chi connectivity index (χ1) is 4.98. The molecule has 0 bridgehead atoms. The SMILES string of the molecule is C=C(C)CNCC(C)(C)CO. The van der Waals surface area contributed by atoms with Gasteiger partial charge in [-0.25, -0.2) is 0 Å². The van der Waals surface area contributed by atoms with Crippen molar-refractivity contribution in [3.05, 3.63) is 12.2 Å². The minimum Gasteiger partial charge on any atom is -0.396 e. The van der Waals surface area contributed by atoms with E-state index in [4.69, 9.17) is 5.11 Å². The number of rotatable bonds is 5. The molecule has 2 nitrogen and oxygen atoms in total. The topological polar surface area (TPSA) is 32.3 Å². The van der Waals surface area contributed by atoms with Gasteiger partial charge in [0.05, 0.1) is 0 Å². The van der Waals surface area contributed by atoms with Crippen LogP contribution in [-0.4, -0.2) is 24.8 Å². The highest BCUT2D eigenvalue weighted by atomic mass is 16.3. The molecule has 0 aromatic rings. The molecule has 2 N–H and O–H groups in total. The Balaban J connectivity index is 3.45. The zero-order valence-corrected chi connectivity index (χ0v) is 7.78. The fourth-order valence-corrected chi connectivity index (χ4v) is 0.670. The Bertz CT molecular complexity index is 130. The van der Waals surface area contributed by atoms with E-state index in [2.05, 4.69) is 11.9 Å². The van der Waals surface area contributed by atoms with Crippen LogP contribution in [0.15, 0.2) is 12.2 Å². The average Bonchev–Trinajstić information content (AvgIpc) is 1.87.